The summed E-state index contributed by atoms with van der Waals surface area (Å²) in [5.41, 5.74) is 5.50. The zero-order chi connectivity index (χ0) is 7.49. The predicted molar refractivity (Wildman–Crippen MR) is 37.8 cm³/mol. The summed E-state index contributed by atoms with van der Waals surface area (Å²) in [6.07, 6.45) is 0. The minimum absolute atomic E-state index is 0.671. The van der Waals surface area contributed by atoms with Crippen LogP contribution in [0.1, 0.15) is 6.92 Å². The van der Waals surface area contributed by atoms with E-state index in [0.29, 0.717) is 5.70 Å². The van der Waals surface area contributed by atoms with E-state index >= 15 is 0 Å². The molecule has 0 saturated carbocycles. The fraction of sp³-hybridized carbons (Fsp3) is 0.667. The quantitative estimate of drug-likeness (QED) is 0.530. The van der Waals surface area contributed by atoms with Crippen molar-refractivity contribution in [3.63, 3.8) is 0 Å². The molecule has 0 heterocycles. The second-order valence-corrected chi connectivity index (χ2v) is 2.04. The van der Waals surface area contributed by atoms with E-state index in [0.717, 1.165) is 0 Å². The van der Waals surface area contributed by atoms with Crippen LogP contribution in [0.4, 0.5) is 0 Å². The molecule has 0 rings (SSSR count). The van der Waals surface area contributed by atoms with Crippen LogP contribution in [-0.2, 0) is 4.74 Å². The Kier molecular flexibility index (Phi) is 2.67. The van der Waals surface area contributed by atoms with Crippen LogP contribution in [0.3, 0.4) is 0 Å². The van der Waals surface area contributed by atoms with E-state index in [2.05, 4.69) is 11.9 Å². The minimum Gasteiger partial charge on any atom is -0.388 e. The Morgan fingerprint density at radius 3 is 2.33 bits per heavy atom. The van der Waals surface area contributed by atoms with Crippen LogP contribution in [0, 0.1) is 0 Å². The van der Waals surface area contributed by atoms with Crippen LogP contribution in [0.2, 0.25) is 0 Å². The van der Waals surface area contributed by atoms with Crippen LogP contribution < -0.4 is 11.1 Å². The Hall–Kier alpha value is -0.540. The van der Waals surface area contributed by atoms with Gasteiger partial charge in [-0.2, -0.15) is 0 Å². The highest BCUT2D eigenvalue weighted by atomic mass is 16.5. The van der Waals surface area contributed by atoms with E-state index in [4.69, 9.17) is 10.5 Å². The molecule has 1 unspecified atom stereocenters. The third-order valence-corrected chi connectivity index (χ3v) is 1.33. The second-order valence-electron chi connectivity index (χ2n) is 2.04. The second kappa shape index (κ2) is 2.85. The summed E-state index contributed by atoms with van der Waals surface area (Å²) in [6, 6.07) is 0. The Labute approximate surface area is 55.9 Å². The first-order valence-corrected chi connectivity index (χ1v) is 2.75. The maximum atomic E-state index is 5.59. The molecule has 0 fully saturated rings. The standard InChI is InChI=1S/C6H14N2O/c1-5(8-3)6(2,7)9-4/h8H,1,7H2,2-4H3. The fourth-order valence-electron chi connectivity index (χ4n) is 0.371. The number of nitrogens with one attached hydrogen (secondary N) is 1. The molecule has 1 atom stereocenters. The summed E-state index contributed by atoms with van der Waals surface area (Å²) >= 11 is 0. The number of nitrogens with two attached hydrogens (primary N) is 1. The fourth-order valence-corrected chi connectivity index (χ4v) is 0.371. The van der Waals surface area contributed by atoms with E-state index in [1.165, 1.54) is 0 Å². The average molecular weight is 130 g/mol. The van der Waals surface area contributed by atoms with Gasteiger partial charge in [0.15, 0.2) is 5.72 Å². The predicted octanol–water partition coefficient (Wildman–Crippen LogP) is 0.0408. The van der Waals surface area contributed by atoms with Gasteiger partial charge in [0.05, 0.1) is 5.70 Å². The number of hydrogen-bond donors (Lipinski definition) is 2. The first-order valence-electron chi connectivity index (χ1n) is 2.75. The lowest BCUT2D eigenvalue weighted by Gasteiger charge is -2.24. The molecular weight excluding hydrogens is 116 g/mol. The summed E-state index contributed by atoms with van der Waals surface area (Å²) < 4.78 is 4.91. The van der Waals surface area contributed by atoms with Crippen LogP contribution in [0.15, 0.2) is 12.3 Å². The summed E-state index contributed by atoms with van der Waals surface area (Å²) in [7, 11) is 3.30. The minimum atomic E-state index is -0.755. The highest BCUT2D eigenvalue weighted by molar-refractivity contribution is 5.04. The molecule has 54 valence electrons. The van der Waals surface area contributed by atoms with Crippen molar-refractivity contribution in [2.75, 3.05) is 14.2 Å². The van der Waals surface area contributed by atoms with E-state index < -0.39 is 5.72 Å². The highest BCUT2D eigenvalue weighted by Crippen LogP contribution is 2.06. The topological polar surface area (TPSA) is 47.3 Å². The Balaban J connectivity index is 3.97. The van der Waals surface area contributed by atoms with Gasteiger partial charge in [-0.1, -0.05) is 6.58 Å². The molecule has 0 amide bonds. The van der Waals surface area contributed by atoms with E-state index in [1.54, 1.807) is 21.1 Å². The Morgan fingerprint density at radius 2 is 2.22 bits per heavy atom. The molecule has 0 bridgehead atoms. The van der Waals surface area contributed by atoms with Crippen molar-refractivity contribution >= 4 is 0 Å². The van der Waals surface area contributed by atoms with Crippen LogP contribution >= 0.6 is 0 Å². The molecule has 0 aromatic rings. The van der Waals surface area contributed by atoms with Crippen molar-refractivity contribution in [2.45, 2.75) is 12.6 Å². The van der Waals surface area contributed by atoms with Crippen molar-refractivity contribution in [1.82, 2.24) is 5.32 Å². The number of hydrogen-bond acceptors (Lipinski definition) is 3. The van der Waals surface area contributed by atoms with Gasteiger partial charge in [-0.15, -0.1) is 0 Å². The van der Waals surface area contributed by atoms with Gasteiger partial charge >= 0.3 is 0 Å². The number of methoxy groups -OCH3 is 1. The molecule has 0 aliphatic carbocycles. The van der Waals surface area contributed by atoms with E-state index in [9.17, 15) is 0 Å². The number of ether oxygens (including phenoxy) is 1. The van der Waals surface area contributed by atoms with Gasteiger partial charge in [0.2, 0.25) is 0 Å². The zero-order valence-electron chi connectivity index (χ0n) is 6.19. The lowest BCUT2D eigenvalue weighted by atomic mass is 10.2. The van der Waals surface area contributed by atoms with Gasteiger partial charge in [0.25, 0.3) is 0 Å². The summed E-state index contributed by atoms with van der Waals surface area (Å²) in [6.45, 7) is 5.40. The van der Waals surface area contributed by atoms with E-state index in [1.807, 2.05) is 0 Å². The molecule has 0 aliphatic rings. The van der Waals surface area contributed by atoms with Crippen molar-refractivity contribution in [3.05, 3.63) is 12.3 Å². The normalized spacial score (nSPS) is 16.4. The van der Waals surface area contributed by atoms with Crippen LogP contribution in [-0.4, -0.2) is 19.9 Å². The first kappa shape index (κ1) is 8.46. The van der Waals surface area contributed by atoms with E-state index in [-0.39, 0.29) is 0 Å². The van der Waals surface area contributed by atoms with Gasteiger partial charge in [-0.05, 0) is 6.92 Å². The lowest BCUT2D eigenvalue weighted by molar-refractivity contribution is 0.0397. The molecule has 9 heavy (non-hydrogen) atoms. The Morgan fingerprint density at radius 1 is 1.78 bits per heavy atom. The van der Waals surface area contributed by atoms with Crippen molar-refractivity contribution < 1.29 is 4.74 Å². The highest BCUT2D eigenvalue weighted by Gasteiger charge is 2.19. The van der Waals surface area contributed by atoms with Gasteiger partial charge in [0.1, 0.15) is 0 Å². The monoisotopic (exact) mass is 130 g/mol. The number of rotatable bonds is 3. The lowest BCUT2D eigenvalue weighted by Crippen LogP contribution is -2.44. The molecule has 3 heteroatoms. The molecule has 0 aromatic heterocycles. The molecule has 3 N–H and O–H groups in total. The maximum Gasteiger partial charge on any atom is 0.153 e. The van der Waals surface area contributed by atoms with Crippen LogP contribution in [0.5, 0.6) is 0 Å². The van der Waals surface area contributed by atoms with Crippen molar-refractivity contribution in [1.29, 1.82) is 0 Å². The SMILES string of the molecule is C=C(NC)C(C)(N)OC. The summed E-state index contributed by atoms with van der Waals surface area (Å²) in [5.74, 6) is 0. The summed E-state index contributed by atoms with van der Waals surface area (Å²) in [5, 5.41) is 2.81. The maximum absolute atomic E-state index is 5.59. The summed E-state index contributed by atoms with van der Waals surface area (Å²) in [4.78, 5) is 0. The first-order chi connectivity index (χ1) is 4.04. The van der Waals surface area contributed by atoms with Crippen LogP contribution in [0.25, 0.3) is 0 Å². The van der Waals surface area contributed by atoms with Crippen molar-refractivity contribution in [2.24, 2.45) is 5.73 Å². The molecule has 0 spiro atoms. The van der Waals surface area contributed by atoms with Gasteiger partial charge in [-0.3, -0.25) is 5.73 Å². The molecule has 0 saturated heterocycles. The van der Waals surface area contributed by atoms with Gasteiger partial charge in [-0.25, -0.2) is 0 Å². The van der Waals surface area contributed by atoms with Gasteiger partial charge < -0.3 is 10.1 Å². The third-order valence-electron chi connectivity index (χ3n) is 1.33. The molecule has 0 aliphatic heterocycles. The number of likely N-dealkylation sites (N-methyl/N-ethyl adjacent to an activating group) is 1. The smallest absolute Gasteiger partial charge is 0.153 e. The Bertz CT molecular complexity index is 110. The molecule has 0 aromatic carbocycles. The molecular formula is C6H14N2O. The molecule has 3 nitrogen and oxygen atoms in total. The van der Waals surface area contributed by atoms with Crippen molar-refractivity contribution in [3.8, 4) is 0 Å². The largest absolute Gasteiger partial charge is 0.388 e. The average Bonchev–Trinajstić information content (AvgIpc) is 1.86. The molecule has 0 radical (unpaired) electrons. The third kappa shape index (κ3) is 2.03. The zero-order valence-corrected chi connectivity index (χ0v) is 6.19. The van der Waals surface area contributed by atoms with Gasteiger partial charge in [0, 0.05) is 14.2 Å².